The summed E-state index contributed by atoms with van der Waals surface area (Å²) in [5.41, 5.74) is 6.14. The summed E-state index contributed by atoms with van der Waals surface area (Å²) in [6.07, 6.45) is 6.14. The van der Waals surface area contributed by atoms with Gasteiger partial charge < -0.3 is 4.57 Å². The molecule has 1 aliphatic rings. The van der Waals surface area contributed by atoms with Crippen molar-refractivity contribution in [3.63, 3.8) is 0 Å². The second-order valence-corrected chi connectivity index (χ2v) is 8.14. The highest BCUT2D eigenvalue weighted by molar-refractivity contribution is 7.17. The molecule has 3 heterocycles. The van der Waals surface area contributed by atoms with Crippen molar-refractivity contribution in [2.24, 2.45) is 4.99 Å². The summed E-state index contributed by atoms with van der Waals surface area (Å²) in [5.74, 6) is 0. The summed E-state index contributed by atoms with van der Waals surface area (Å²) in [7, 11) is 0. The van der Waals surface area contributed by atoms with E-state index in [1.807, 2.05) is 6.20 Å². The van der Waals surface area contributed by atoms with E-state index in [2.05, 4.69) is 87.7 Å². The summed E-state index contributed by atoms with van der Waals surface area (Å²) in [6.45, 7) is 0. The Labute approximate surface area is 167 Å². The average molecular weight is 379 g/mol. The predicted octanol–water partition coefficient (Wildman–Crippen LogP) is 7.10. The number of nitrogens with zero attached hydrogens (tertiary/aromatic N) is 2. The number of benzene rings is 3. The Bertz CT molecular complexity index is 1400. The van der Waals surface area contributed by atoms with Crippen LogP contribution in [0.4, 0.5) is 0 Å². The molecule has 0 amide bonds. The van der Waals surface area contributed by atoms with Gasteiger partial charge in [0.15, 0.2) is 0 Å². The molecule has 5 aromatic rings. The highest BCUT2D eigenvalue weighted by Gasteiger charge is 2.15. The van der Waals surface area contributed by atoms with Crippen LogP contribution in [0.5, 0.6) is 0 Å². The Morgan fingerprint density at radius 2 is 1.71 bits per heavy atom. The van der Waals surface area contributed by atoms with Crippen molar-refractivity contribution in [2.75, 3.05) is 0 Å². The smallest absolute Gasteiger partial charge is 0.0627 e. The van der Waals surface area contributed by atoms with Crippen LogP contribution in [0.1, 0.15) is 18.4 Å². The van der Waals surface area contributed by atoms with E-state index in [1.54, 1.807) is 11.3 Å². The number of fused-ring (bicyclic) bond motifs is 5. The van der Waals surface area contributed by atoms with Crippen LogP contribution in [0, 0.1) is 0 Å². The van der Waals surface area contributed by atoms with Gasteiger partial charge >= 0.3 is 0 Å². The summed E-state index contributed by atoms with van der Waals surface area (Å²) < 4.78 is 3.74. The molecule has 2 aromatic heterocycles. The van der Waals surface area contributed by atoms with Crippen LogP contribution in [0.25, 0.3) is 37.6 Å². The van der Waals surface area contributed by atoms with E-state index >= 15 is 0 Å². The van der Waals surface area contributed by atoms with Gasteiger partial charge in [-0.05, 0) is 54.1 Å². The van der Waals surface area contributed by atoms with Crippen molar-refractivity contribution >= 4 is 48.9 Å². The first kappa shape index (κ1) is 15.8. The molecule has 0 atom stereocenters. The highest BCUT2D eigenvalue weighted by Crippen LogP contribution is 2.38. The van der Waals surface area contributed by atoms with E-state index in [1.165, 1.54) is 48.9 Å². The number of allylic oxidation sites excluding steroid dienone is 1. The maximum Gasteiger partial charge on any atom is 0.0627 e. The molecule has 28 heavy (non-hydrogen) atoms. The molecule has 0 radical (unpaired) electrons. The normalized spacial score (nSPS) is 14.2. The fourth-order valence-electron chi connectivity index (χ4n) is 4.30. The van der Waals surface area contributed by atoms with Gasteiger partial charge in [-0.1, -0.05) is 42.5 Å². The van der Waals surface area contributed by atoms with Crippen LogP contribution >= 0.6 is 11.3 Å². The number of rotatable bonds is 2. The maximum absolute atomic E-state index is 4.56. The molecule has 1 aliphatic heterocycles. The van der Waals surface area contributed by atoms with Gasteiger partial charge in [0.05, 0.1) is 11.0 Å². The summed E-state index contributed by atoms with van der Waals surface area (Å²) in [4.78, 5) is 4.56. The van der Waals surface area contributed by atoms with Gasteiger partial charge in [0.2, 0.25) is 0 Å². The Hall–Kier alpha value is -3.17. The lowest BCUT2D eigenvalue weighted by Crippen LogP contribution is -2.03. The van der Waals surface area contributed by atoms with Gasteiger partial charge in [-0.15, -0.1) is 11.3 Å². The SMILES string of the molecule is C1=CN=C(c2ccc(-n3c4ccccc4c4ccc5sccc5c43)cc2)CC1. The zero-order valence-electron chi connectivity index (χ0n) is 15.3. The van der Waals surface area contributed by atoms with Crippen LogP contribution in [0.2, 0.25) is 0 Å². The first-order chi connectivity index (χ1) is 13.9. The van der Waals surface area contributed by atoms with E-state index in [0.717, 1.165) is 12.8 Å². The molecule has 2 nitrogen and oxygen atoms in total. The quantitative estimate of drug-likeness (QED) is 0.312. The molecular formula is C25H18N2S. The molecule has 3 heteroatoms. The minimum Gasteiger partial charge on any atom is -0.309 e. The van der Waals surface area contributed by atoms with Crippen LogP contribution in [-0.2, 0) is 0 Å². The second kappa shape index (κ2) is 6.18. The van der Waals surface area contributed by atoms with Crippen LogP contribution < -0.4 is 0 Å². The standard InChI is InChI=1S/C25H18N2S/c1-2-7-23-19(5-1)20-12-13-24-21(14-16-28-24)25(20)27(23)18-10-8-17(9-11-18)22-6-3-4-15-26-22/h1-2,4-5,7-16H,3,6H2. The van der Waals surface area contributed by atoms with Crippen molar-refractivity contribution in [3.8, 4) is 5.69 Å². The maximum atomic E-state index is 4.56. The number of hydrogen-bond donors (Lipinski definition) is 0. The molecule has 0 saturated carbocycles. The van der Waals surface area contributed by atoms with Gasteiger partial charge in [0.1, 0.15) is 0 Å². The van der Waals surface area contributed by atoms with Crippen molar-refractivity contribution in [1.29, 1.82) is 0 Å². The zero-order chi connectivity index (χ0) is 18.5. The topological polar surface area (TPSA) is 17.3 Å². The lowest BCUT2D eigenvalue weighted by molar-refractivity contribution is 1.06. The number of para-hydroxylation sites is 1. The average Bonchev–Trinajstić information content (AvgIpc) is 3.37. The highest BCUT2D eigenvalue weighted by atomic mass is 32.1. The monoisotopic (exact) mass is 378 g/mol. The Balaban J connectivity index is 1.63. The van der Waals surface area contributed by atoms with E-state index in [-0.39, 0.29) is 0 Å². The largest absolute Gasteiger partial charge is 0.309 e. The fraction of sp³-hybridized carbons (Fsp3) is 0.0800. The summed E-state index contributed by atoms with van der Waals surface area (Å²) in [6, 6.07) is 24.3. The van der Waals surface area contributed by atoms with E-state index < -0.39 is 0 Å². The van der Waals surface area contributed by atoms with Crippen molar-refractivity contribution in [3.05, 3.63) is 89.9 Å². The minimum absolute atomic E-state index is 1.01. The van der Waals surface area contributed by atoms with Crippen LogP contribution in [0.3, 0.4) is 0 Å². The third-order valence-electron chi connectivity index (χ3n) is 5.61. The van der Waals surface area contributed by atoms with Crippen molar-refractivity contribution in [2.45, 2.75) is 12.8 Å². The van der Waals surface area contributed by atoms with Gasteiger partial charge in [-0.25, -0.2) is 0 Å². The zero-order valence-corrected chi connectivity index (χ0v) is 16.1. The first-order valence-electron chi connectivity index (χ1n) is 9.62. The molecule has 6 rings (SSSR count). The number of aliphatic imine (C=N–C) groups is 1. The van der Waals surface area contributed by atoms with Gasteiger partial charge in [0.25, 0.3) is 0 Å². The first-order valence-corrected chi connectivity index (χ1v) is 10.5. The molecule has 0 aliphatic carbocycles. The third kappa shape index (κ3) is 2.30. The lowest BCUT2D eigenvalue weighted by atomic mass is 10.0. The molecular weight excluding hydrogens is 360 g/mol. The van der Waals surface area contributed by atoms with E-state index in [9.17, 15) is 0 Å². The molecule has 0 saturated heterocycles. The van der Waals surface area contributed by atoms with Crippen molar-refractivity contribution < 1.29 is 0 Å². The fourth-order valence-corrected chi connectivity index (χ4v) is 5.08. The number of thiophene rings is 1. The van der Waals surface area contributed by atoms with Crippen LogP contribution in [0.15, 0.2) is 89.4 Å². The molecule has 0 N–H and O–H groups in total. The van der Waals surface area contributed by atoms with E-state index in [0.29, 0.717) is 0 Å². The molecule has 0 unspecified atom stereocenters. The predicted molar refractivity (Wildman–Crippen MR) is 121 cm³/mol. The summed E-state index contributed by atoms with van der Waals surface area (Å²) in [5, 5.41) is 6.12. The van der Waals surface area contributed by atoms with Crippen molar-refractivity contribution in [1.82, 2.24) is 4.57 Å². The second-order valence-electron chi connectivity index (χ2n) is 7.19. The number of hydrogen-bond acceptors (Lipinski definition) is 2. The Morgan fingerprint density at radius 3 is 2.57 bits per heavy atom. The van der Waals surface area contributed by atoms with Gasteiger partial charge in [0, 0.05) is 38.5 Å². The lowest BCUT2D eigenvalue weighted by Gasteiger charge is -2.11. The van der Waals surface area contributed by atoms with E-state index in [4.69, 9.17) is 0 Å². The Kier molecular flexibility index (Phi) is 3.50. The minimum atomic E-state index is 1.01. The third-order valence-corrected chi connectivity index (χ3v) is 6.49. The molecule has 0 bridgehead atoms. The van der Waals surface area contributed by atoms with Crippen LogP contribution in [-0.4, -0.2) is 10.3 Å². The molecule has 134 valence electrons. The number of aromatic nitrogens is 1. The van der Waals surface area contributed by atoms with Gasteiger partial charge in [-0.2, -0.15) is 0 Å². The van der Waals surface area contributed by atoms with Gasteiger partial charge in [-0.3, -0.25) is 4.99 Å². The molecule has 0 spiro atoms. The summed E-state index contributed by atoms with van der Waals surface area (Å²) >= 11 is 1.80. The molecule has 0 fully saturated rings. The Morgan fingerprint density at radius 1 is 0.821 bits per heavy atom. The molecule has 3 aromatic carbocycles.